The van der Waals surface area contributed by atoms with Crippen molar-refractivity contribution in [3.8, 4) is 0 Å². The second kappa shape index (κ2) is 5.42. The van der Waals surface area contributed by atoms with Crippen LogP contribution in [0.2, 0.25) is 0 Å². The Bertz CT molecular complexity index is 254. The van der Waals surface area contributed by atoms with Gasteiger partial charge in [-0.05, 0) is 24.9 Å². The molecule has 1 saturated heterocycles. The minimum Gasteiger partial charge on any atom is -0.313 e. The second-order valence-corrected chi connectivity index (χ2v) is 4.82. The van der Waals surface area contributed by atoms with Crippen LogP contribution in [0.25, 0.3) is 0 Å². The van der Waals surface area contributed by atoms with Crippen LogP contribution in [0.1, 0.15) is 18.4 Å². The van der Waals surface area contributed by atoms with Crippen LogP contribution in [0, 0.1) is 0 Å². The largest absolute Gasteiger partial charge is 0.313 e. The maximum absolute atomic E-state index is 3.52. The Kier molecular flexibility index (Phi) is 3.90. The van der Waals surface area contributed by atoms with Gasteiger partial charge in [0.15, 0.2) is 0 Å². The molecule has 14 heavy (non-hydrogen) atoms. The molecule has 1 aliphatic rings. The topological polar surface area (TPSA) is 12.0 Å². The smallest absolute Gasteiger partial charge is 0.0185 e. The molecule has 1 aromatic carbocycles. The summed E-state index contributed by atoms with van der Waals surface area (Å²) >= 11 is 2.04. The molecule has 76 valence electrons. The van der Waals surface area contributed by atoms with Crippen LogP contribution in [-0.4, -0.2) is 18.3 Å². The standard InChI is InChI=1S/C12H17NS/c1-2-5-11(6-3-1)9-14-10-12-7-4-8-13-12/h1-3,5-6,12-13H,4,7-10H2/t12-/m0/s1. The van der Waals surface area contributed by atoms with Gasteiger partial charge in [0.1, 0.15) is 0 Å². The van der Waals surface area contributed by atoms with E-state index in [1.54, 1.807) is 0 Å². The summed E-state index contributed by atoms with van der Waals surface area (Å²) in [5.41, 5.74) is 1.44. The minimum absolute atomic E-state index is 0.767. The van der Waals surface area contributed by atoms with Gasteiger partial charge in [-0.1, -0.05) is 30.3 Å². The van der Waals surface area contributed by atoms with E-state index in [2.05, 4.69) is 35.6 Å². The zero-order valence-electron chi connectivity index (χ0n) is 8.41. The highest BCUT2D eigenvalue weighted by Crippen LogP contribution is 2.16. The molecule has 0 spiro atoms. The number of nitrogens with one attached hydrogen (secondary N) is 1. The molecule has 2 heteroatoms. The zero-order valence-corrected chi connectivity index (χ0v) is 9.22. The predicted molar refractivity (Wildman–Crippen MR) is 63.6 cm³/mol. The van der Waals surface area contributed by atoms with Crippen LogP contribution < -0.4 is 5.32 Å². The van der Waals surface area contributed by atoms with E-state index in [9.17, 15) is 0 Å². The summed E-state index contributed by atoms with van der Waals surface area (Å²) in [6.07, 6.45) is 2.72. The Morgan fingerprint density at radius 2 is 2.14 bits per heavy atom. The summed E-state index contributed by atoms with van der Waals surface area (Å²) < 4.78 is 0. The maximum Gasteiger partial charge on any atom is 0.0185 e. The van der Waals surface area contributed by atoms with Crippen molar-refractivity contribution >= 4 is 11.8 Å². The minimum atomic E-state index is 0.767. The highest BCUT2D eigenvalue weighted by atomic mass is 32.2. The molecule has 0 bridgehead atoms. The monoisotopic (exact) mass is 207 g/mol. The lowest BCUT2D eigenvalue weighted by atomic mass is 10.2. The summed E-state index contributed by atoms with van der Waals surface area (Å²) in [6, 6.07) is 11.5. The van der Waals surface area contributed by atoms with E-state index in [0.717, 1.165) is 11.8 Å². The van der Waals surface area contributed by atoms with Gasteiger partial charge in [0.25, 0.3) is 0 Å². The Balaban J connectivity index is 1.67. The third-order valence-electron chi connectivity index (χ3n) is 2.59. The Morgan fingerprint density at radius 3 is 2.86 bits per heavy atom. The fourth-order valence-corrected chi connectivity index (χ4v) is 2.91. The fraction of sp³-hybridized carbons (Fsp3) is 0.500. The van der Waals surface area contributed by atoms with E-state index in [4.69, 9.17) is 0 Å². The molecule has 0 aromatic heterocycles. The van der Waals surface area contributed by atoms with Gasteiger partial charge in [-0.2, -0.15) is 11.8 Å². The molecule has 0 saturated carbocycles. The van der Waals surface area contributed by atoms with Gasteiger partial charge < -0.3 is 5.32 Å². The normalized spacial score (nSPS) is 21.3. The first kappa shape index (κ1) is 10.1. The first-order valence-corrected chi connectivity index (χ1v) is 6.46. The Hall–Kier alpha value is -0.470. The van der Waals surface area contributed by atoms with Gasteiger partial charge in [0, 0.05) is 17.5 Å². The number of benzene rings is 1. The van der Waals surface area contributed by atoms with Crippen molar-refractivity contribution in [2.45, 2.75) is 24.6 Å². The van der Waals surface area contributed by atoms with E-state index >= 15 is 0 Å². The van der Waals surface area contributed by atoms with Gasteiger partial charge in [0.05, 0.1) is 0 Å². The number of hydrogen-bond acceptors (Lipinski definition) is 2. The van der Waals surface area contributed by atoms with Gasteiger partial charge in [0.2, 0.25) is 0 Å². The van der Waals surface area contributed by atoms with E-state index in [-0.39, 0.29) is 0 Å². The molecule has 0 amide bonds. The molecule has 2 rings (SSSR count). The van der Waals surface area contributed by atoms with Gasteiger partial charge >= 0.3 is 0 Å². The summed E-state index contributed by atoms with van der Waals surface area (Å²) in [5.74, 6) is 2.41. The van der Waals surface area contributed by atoms with Crippen LogP contribution in [0.3, 0.4) is 0 Å². The van der Waals surface area contributed by atoms with Gasteiger partial charge in [-0.25, -0.2) is 0 Å². The fourth-order valence-electron chi connectivity index (χ4n) is 1.79. The van der Waals surface area contributed by atoms with E-state index in [1.807, 2.05) is 11.8 Å². The van der Waals surface area contributed by atoms with Crippen molar-refractivity contribution in [1.82, 2.24) is 5.32 Å². The Labute approximate surface area is 90.3 Å². The second-order valence-electron chi connectivity index (χ2n) is 3.79. The number of rotatable bonds is 4. The van der Waals surface area contributed by atoms with Crippen molar-refractivity contribution in [3.05, 3.63) is 35.9 Å². The third kappa shape index (κ3) is 3.03. The summed E-state index contributed by atoms with van der Waals surface area (Å²) in [7, 11) is 0. The van der Waals surface area contributed by atoms with Crippen LogP contribution in [0.5, 0.6) is 0 Å². The molecular formula is C12H17NS. The summed E-state index contributed by atoms with van der Waals surface area (Å²) in [4.78, 5) is 0. The van der Waals surface area contributed by atoms with E-state index in [0.29, 0.717) is 0 Å². The lowest BCUT2D eigenvalue weighted by Gasteiger charge is -2.08. The average Bonchev–Trinajstić information content (AvgIpc) is 2.72. The van der Waals surface area contributed by atoms with Crippen LogP contribution >= 0.6 is 11.8 Å². The van der Waals surface area contributed by atoms with Crippen molar-refractivity contribution in [3.63, 3.8) is 0 Å². The third-order valence-corrected chi connectivity index (χ3v) is 3.77. The first-order chi connectivity index (χ1) is 6.95. The first-order valence-electron chi connectivity index (χ1n) is 5.30. The molecule has 1 fully saturated rings. The van der Waals surface area contributed by atoms with Gasteiger partial charge in [-0.3, -0.25) is 0 Å². The summed E-state index contributed by atoms with van der Waals surface area (Å²) in [6.45, 7) is 1.22. The summed E-state index contributed by atoms with van der Waals surface area (Å²) in [5, 5.41) is 3.52. The highest BCUT2D eigenvalue weighted by molar-refractivity contribution is 7.98. The quantitative estimate of drug-likeness (QED) is 0.814. The van der Waals surface area contributed by atoms with Crippen molar-refractivity contribution in [2.75, 3.05) is 12.3 Å². The van der Waals surface area contributed by atoms with Crippen LogP contribution in [0.15, 0.2) is 30.3 Å². The lowest BCUT2D eigenvalue weighted by Crippen LogP contribution is -2.23. The van der Waals surface area contributed by atoms with Crippen molar-refractivity contribution in [1.29, 1.82) is 0 Å². The molecule has 1 aromatic rings. The van der Waals surface area contributed by atoms with Crippen LogP contribution in [-0.2, 0) is 5.75 Å². The molecule has 1 atom stereocenters. The van der Waals surface area contributed by atoms with Crippen LogP contribution in [0.4, 0.5) is 0 Å². The van der Waals surface area contributed by atoms with Crippen molar-refractivity contribution in [2.24, 2.45) is 0 Å². The van der Waals surface area contributed by atoms with E-state index in [1.165, 1.54) is 30.7 Å². The van der Waals surface area contributed by atoms with Gasteiger partial charge in [-0.15, -0.1) is 0 Å². The molecule has 0 aliphatic carbocycles. The SMILES string of the molecule is c1ccc(CSC[C@@H]2CCCN2)cc1. The molecule has 1 aliphatic heterocycles. The molecule has 1 heterocycles. The van der Waals surface area contributed by atoms with Crippen molar-refractivity contribution < 1.29 is 0 Å². The number of hydrogen-bond donors (Lipinski definition) is 1. The predicted octanol–water partition coefficient (Wildman–Crippen LogP) is 2.67. The number of thioether (sulfide) groups is 1. The molecular weight excluding hydrogens is 190 g/mol. The maximum atomic E-state index is 3.52. The molecule has 0 radical (unpaired) electrons. The molecule has 0 unspecified atom stereocenters. The zero-order chi connectivity index (χ0) is 9.64. The molecule has 1 nitrogen and oxygen atoms in total. The van der Waals surface area contributed by atoms with E-state index < -0.39 is 0 Å². The average molecular weight is 207 g/mol. The lowest BCUT2D eigenvalue weighted by molar-refractivity contribution is 0.674. The Morgan fingerprint density at radius 1 is 1.29 bits per heavy atom. The highest BCUT2D eigenvalue weighted by Gasteiger charge is 2.12. The molecule has 1 N–H and O–H groups in total.